The lowest BCUT2D eigenvalue weighted by Gasteiger charge is -2.32. The lowest BCUT2D eigenvalue weighted by Crippen LogP contribution is -2.27. The summed E-state index contributed by atoms with van der Waals surface area (Å²) in [6, 6.07) is 12.1. The molecule has 0 N–H and O–H groups in total. The van der Waals surface area contributed by atoms with Crippen molar-refractivity contribution < 1.29 is 0 Å². The van der Waals surface area contributed by atoms with Gasteiger partial charge in [-0.15, -0.1) is 0 Å². The number of hydrogen-bond acceptors (Lipinski definition) is 2. The van der Waals surface area contributed by atoms with Crippen LogP contribution in [0.15, 0.2) is 36.5 Å². The Morgan fingerprint density at radius 2 is 2.00 bits per heavy atom. The Labute approximate surface area is 159 Å². The number of pyridine rings is 1. The monoisotopic (exact) mass is 365 g/mol. The van der Waals surface area contributed by atoms with Crippen LogP contribution in [0.2, 0.25) is 5.15 Å². The number of nitrogens with zero attached hydrogens (tertiary/aromatic N) is 3. The molecule has 134 valence electrons. The van der Waals surface area contributed by atoms with Gasteiger partial charge in [-0.25, -0.2) is 4.98 Å². The highest BCUT2D eigenvalue weighted by Crippen LogP contribution is 2.53. The molecule has 2 aromatic heterocycles. The highest BCUT2D eigenvalue weighted by Gasteiger charge is 2.42. The minimum Gasteiger partial charge on any atom is -0.342 e. The van der Waals surface area contributed by atoms with Crippen LogP contribution in [0.1, 0.15) is 53.7 Å². The maximum Gasteiger partial charge on any atom is 0.129 e. The SMILES string of the molecule is Cc1ccc2c(c1)c1c(n2CCc2ccc(Cl)nc2)[C@H]2CCC[C@@H]1N2C. The number of rotatable bonds is 3. The largest absolute Gasteiger partial charge is 0.342 e. The van der Waals surface area contributed by atoms with Gasteiger partial charge < -0.3 is 4.57 Å². The van der Waals surface area contributed by atoms with Gasteiger partial charge in [-0.05, 0) is 69.0 Å². The van der Waals surface area contributed by atoms with Crippen molar-refractivity contribution in [2.75, 3.05) is 7.05 Å². The summed E-state index contributed by atoms with van der Waals surface area (Å²) in [6.07, 6.45) is 6.78. The minimum absolute atomic E-state index is 0.562. The molecule has 1 fully saturated rings. The van der Waals surface area contributed by atoms with Gasteiger partial charge in [-0.1, -0.05) is 29.3 Å². The predicted octanol–water partition coefficient (Wildman–Crippen LogP) is 5.45. The Hall–Kier alpha value is -1.84. The highest BCUT2D eigenvalue weighted by atomic mass is 35.5. The van der Waals surface area contributed by atoms with Gasteiger partial charge in [0.05, 0.1) is 6.04 Å². The summed E-state index contributed by atoms with van der Waals surface area (Å²) in [6.45, 7) is 3.20. The molecule has 4 heterocycles. The maximum absolute atomic E-state index is 5.94. The first-order valence-electron chi connectivity index (χ1n) is 9.58. The standard InChI is InChI=1S/C22H24ClN3/c1-14-6-8-17-16(12-14)21-18-4-3-5-19(25(18)2)22(21)26(17)11-10-15-7-9-20(23)24-13-15/h6-9,12-13,18-19H,3-5,10-11H2,1-2H3/t18-,19+/m0/s1. The number of halogens is 1. The van der Waals surface area contributed by atoms with E-state index in [1.807, 2.05) is 12.3 Å². The van der Waals surface area contributed by atoms with Crippen molar-refractivity contribution in [2.24, 2.45) is 0 Å². The van der Waals surface area contributed by atoms with E-state index in [0.717, 1.165) is 13.0 Å². The molecule has 3 aromatic rings. The van der Waals surface area contributed by atoms with Crippen LogP contribution in [0, 0.1) is 6.92 Å². The van der Waals surface area contributed by atoms with E-state index < -0.39 is 0 Å². The maximum atomic E-state index is 5.94. The summed E-state index contributed by atoms with van der Waals surface area (Å²) in [5, 5.41) is 2.03. The molecule has 26 heavy (non-hydrogen) atoms. The van der Waals surface area contributed by atoms with Gasteiger partial charge >= 0.3 is 0 Å². The molecule has 0 unspecified atom stereocenters. The van der Waals surface area contributed by atoms with E-state index in [9.17, 15) is 0 Å². The number of piperidine rings is 1. The fourth-order valence-electron chi connectivity index (χ4n) is 5.07. The molecule has 1 saturated heterocycles. The third kappa shape index (κ3) is 2.41. The first kappa shape index (κ1) is 16.3. The molecule has 0 spiro atoms. The molecule has 0 amide bonds. The lowest BCUT2D eigenvalue weighted by molar-refractivity contribution is 0.142. The second kappa shape index (κ2) is 6.11. The molecule has 2 aliphatic rings. The van der Waals surface area contributed by atoms with Gasteiger partial charge in [-0.3, -0.25) is 4.90 Å². The van der Waals surface area contributed by atoms with Crippen LogP contribution >= 0.6 is 11.6 Å². The molecule has 3 nitrogen and oxygen atoms in total. The molecule has 0 radical (unpaired) electrons. The Balaban J connectivity index is 1.61. The fraction of sp³-hybridized carbons (Fsp3) is 0.409. The average molecular weight is 366 g/mol. The van der Waals surface area contributed by atoms with Gasteiger partial charge in [0.25, 0.3) is 0 Å². The summed E-state index contributed by atoms with van der Waals surface area (Å²) >= 11 is 5.94. The van der Waals surface area contributed by atoms with E-state index in [2.05, 4.69) is 52.7 Å². The van der Waals surface area contributed by atoms with Crippen molar-refractivity contribution in [3.63, 3.8) is 0 Å². The Morgan fingerprint density at radius 1 is 1.15 bits per heavy atom. The number of hydrogen-bond donors (Lipinski definition) is 0. The van der Waals surface area contributed by atoms with E-state index >= 15 is 0 Å². The number of benzene rings is 1. The highest BCUT2D eigenvalue weighted by molar-refractivity contribution is 6.29. The first-order valence-corrected chi connectivity index (χ1v) is 9.96. The van der Waals surface area contributed by atoms with Gasteiger partial charge in [0.1, 0.15) is 5.15 Å². The normalized spacial score (nSPS) is 22.1. The zero-order valence-electron chi connectivity index (χ0n) is 15.4. The molecular weight excluding hydrogens is 342 g/mol. The summed E-state index contributed by atoms with van der Waals surface area (Å²) in [4.78, 5) is 6.85. The van der Waals surface area contributed by atoms with E-state index in [1.165, 1.54) is 41.3 Å². The minimum atomic E-state index is 0.562. The van der Waals surface area contributed by atoms with E-state index in [1.54, 1.807) is 11.3 Å². The summed E-state index contributed by atoms with van der Waals surface area (Å²) < 4.78 is 2.59. The molecular formula is C22H24ClN3. The number of fused-ring (bicyclic) bond motifs is 7. The molecule has 2 atom stereocenters. The lowest BCUT2D eigenvalue weighted by atomic mass is 9.99. The van der Waals surface area contributed by atoms with Gasteiger partial charge in [0, 0.05) is 35.4 Å². The molecule has 1 aromatic carbocycles. The van der Waals surface area contributed by atoms with Crippen molar-refractivity contribution >= 4 is 22.5 Å². The van der Waals surface area contributed by atoms with E-state index in [4.69, 9.17) is 11.6 Å². The van der Waals surface area contributed by atoms with Gasteiger partial charge in [0.2, 0.25) is 0 Å². The van der Waals surface area contributed by atoms with Crippen molar-refractivity contribution in [3.8, 4) is 0 Å². The van der Waals surface area contributed by atoms with E-state index in [-0.39, 0.29) is 0 Å². The van der Waals surface area contributed by atoms with Crippen molar-refractivity contribution in [3.05, 3.63) is 64.1 Å². The Morgan fingerprint density at radius 3 is 2.81 bits per heavy atom. The van der Waals surface area contributed by atoms with Crippen LogP contribution in [0.4, 0.5) is 0 Å². The van der Waals surface area contributed by atoms with Crippen LogP contribution in [0.5, 0.6) is 0 Å². The molecule has 2 bridgehead atoms. The zero-order valence-corrected chi connectivity index (χ0v) is 16.1. The van der Waals surface area contributed by atoms with Crippen LogP contribution in [-0.2, 0) is 13.0 Å². The molecule has 0 aliphatic carbocycles. The topological polar surface area (TPSA) is 21.1 Å². The smallest absolute Gasteiger partial charge is 0.129 e. The van der Waals surface area contributed by atoms with Crippen LogP contribution in [0.25, 0.3) is 10.9 Å². The fourth-order valence-corrected chi connectivity index (χ4v) is 5.18. The van der Waals surface area contributed by atoms with Crippen LogP contribution in [0.3, 0.4) is 0 Å². The molecule has 4 heteroatoms. The van der Waals surface area contributed by atoms with Crippen LogP contribution < -0.4 is 0 Å². The summed E-state index contributed by atoms with van der Waals surface area (Å²) in [7, 11) is 2.31. The third-order valence-electron chi connectivity index (χ3n) is 6.30. The van der Waals surface area contributed by atoms with Crippen molar-refractivity contribution in [1.29, 1.82) is 0 Å². The average Bonchev–Trinajstić information content (AvgIpc) is 2.99. The molecule has 5 rings (SSSR count). The number of aryl methyl sites for hydroxylation is 3. The predicted molar refractivity (Wildman–Crippen MR) is 107 cm³/mol. The second-order valence-corrected chi connectivity index (χ2v) is 8.23. The molecule has 0 saturated carbocycles. The second-order valence-electron chi connectivity index (χ2n) is 7.84. The zero-order chi connectivity index (χ0) is 17.8. The summed E-state index contributed by atoms with van der Waals surface area (Å²) in [5.74, 6) is 0. The third-order valence-corrected chi connectivity index (χ3v) is 6.52. The van der Waals surface area contributed by atoms with E-state index in [0.29, 0.717) is 17.2 Å². The quantitative estimate of drug-likeness (QED) is 0.575. The van der Waals surface area contributed by atoms with Crippen LogP contribution in [-0.4, -0.2) is 21.5 Å². The first-order chi connectivity index (χ1) is 12.6. The summed E-state index contributed by atoms with van der Waals surface area (Å²) in [5.41, 5.74) is 7.16. The number of aromatic nitrogens is 2. The Bertz CT molecular complexity index is 973. The van der Waals surface area contributed by atoms with Gasteiger partial charge in [-0.2, -0.15) is 0 Å². The van der Waals surface area contributed by atoms with Crippen molar-refractivity contribution in [1.82, 2.24) is 14.5 Å². The van der Waals surface area contributed by atoms with Gasteiger partial charge in [0.15, 0.2) is 0 Å². The van der Waals surface area contributed by atoms with Crippen molar-refractivity contribution in [2.45, 2.75) is 51.2 Å². The Kier molecular flexibility index (Phi) is 3.84. The molecule has 2 aliphatic heterocycles.